The van der Waals surface area contributed by atoms with E-state index in [1.54, 1.807) is 25.1 Å². The lowest BCUT2D eigenvalue weighted by atomic mass is 10.1. The summed E-state index contributed by atoms with van der Waals surface area (Å²) in [5.74, 6) is -0.310. The highest BCUT2D eigenvalue weighted by molar-refractivity contribution is 7.92. The zero-order chi connectivity index (χ0) is 20.9. The van der Waals surface area contributed by atoms with Crippen molar-refractivity contribution in [1.29, 1.82) is 0 Å². The van der Waals surface area contributed by atoms with Crippen LogP contribution >= 0.6 is 0 Å². The number of nitrogens with one attached hydrogen (secondary N) is 1. The second-order valence-electron chi connectivity index (χ2n) is 5.93. The van der Waals surface area contributed by atoms with Crippen LogP contribution in [0.3, 0.4) is 0 Å². The maximum absolute atomic E-state index is 12.5. The van der Waals surface area contributed by atoms with Gasteiger partial charge in [-0.2, -0.15) is 0 Å². The van der Waals surface area contributed by atoms with Crippen molar-refractivity contribution in [2.24, 2.45) is 0 Å². The molecule has 0 aliphatic carbocycles. The second-order valence-corrected chi connectivity index (χ2v) is 7.83. The van der Waals surface area contributed by atoms with E-state index in [0.717, 1.165) is 10.6 Å². The van der Waals surface area contributed by atoms with E-state index < -0.39 is 27.4 Å². The lowest BCUT2D eigenvalue weighted by Crippen LogP contribution is -2.37. The van der Waals surface area contributed by atoms with Crippen molar-refractivity contribution < 1.29 is 22.9 Å². The summed E-state index contributed by atoms with van der Waals surface area (Å²) in [5.41, 5.74) is 0.615. The van der Waals surface area contributed by atoms with Crippen molar-refractivity contribution in [2.75, 3.05) is 29.0 Å². The summed E-state index contributed by atoms with van der Waals surface area (Å²) in [6.45, 7) is 3.09. The molecular weight excluding hydrogens is 386 g/mol. The molecule has 0 radical (unpaired) electrons. The molecule has 0 aliphatic heterocycles. The number of para-hydroxylation sites is 2. The SMILES string of the molecule is CCOc1ccccc1N(CC(=O)Nc1cccc([N+](=O)[O-])c1C)S(C)(=O)=O. The van der Waals surface area contributed by atoms with Crippen LogP contribution in [0.1, 0.15) is 12.5 Å². The number of hydrogen-bond donors (Lipinski definition) is 1. The number of rotatable bonds is 8. The Morgan fingerprint density at radius 1 is 1.21 bits per heavy atom. The molecule has 2 aromatic rings. The van der Waals surface area contributed by atoms with E-state index in [1.165, 1.54) is 31.2 Å². The predicted molar refractivity (Wildman–Crippen MR) is 106 cm³/mol. The molecule has 9 nitrogen and oxygen atoms in total. The predicted octanol–water partition coefficient (Wildman–Crippen LogP) is 2.71. The first-order valence-corrected chi connectivity index (χ1v) is 10.2. The summed E-state index contributed by atoms with van der Waals surface area (Å²) in [4.78, 5) is 23.0. The molecule has 0 saturated heterocycles. The maximum atomic E-state index is 12.5. The molecule has 28 heavy (non-hydrogen) atoms. The van der Waals surface area contributed by atoms with E-state index in [2.05, 4.69) is 5.32 Å². The summed E-state index contributed by atoms with van der Waals surface area (Å²) in [5, 5.41) is 13.6. The van der Waals surface area contributed by atoms with Gasteiger partial charge in [0, 0.05) is 6.07 Å². The Morgan fingerprint density at radius 2 is 1.89 bits per heavy atom. The Kier molecular flexibility index (Phi) is 6.57. The number of hydrogen-bond acceptors (Lipinski definition) is 6. The van der Waals surface area contributed by atoms with Gasteiger partial charge in [0.2, 0.25) is 15.9 Å². The quantitative estimate of drug-likeness (QED) is 0.531. The number of sulfonamides is 1. The minimum absolute atomic E-state index is 0.139. The van der Waals surface area contributed by atoms with Crippen LogP contribution in [-0.2, 0) is 14.8 Å². The largest absolute Gasteiger partial charge is 0.492 e. The number of nitro benzene ring substituents is 1. The number of nitro groups is 1. The third-order valence-corrected chi connectivity index (χ3v) is 5.02. The van der Waals surface area contributed by atoms with E-state index in [1.807, 2.05) is 0 Å². The molecular formula is C18H21N3O6S. The van der Waals surface area contributed by atoms with E-state index in [4.69, 9.17) is 4.74 Å². The molecule has 0 aromatic heterocycles. The molecule has 10 heteroatoms. The second kappa shape index (κ2) is 8.70. The molecule has 0 fully saturated rings. The van der Waals surface area contributed by atoms with Gasteiger partial charge < -0.3 is 10.1 Å². The fourth-order valence-electron chi connectivity index (χ4n) is 2.60. The van der Waals surface area contributed by atoms with Crippen LogP contribution in [0.15, 0.2) is 42.5 Å². The smallest absolute Gasteiger partial charge is 0.274 e. The van der Waals surface area contributed by atoms with Crippen LogP contribution in [0, 0.1) is 17.0 Å². The Hall–Kier alpha value is -3.14. The molecule has 150 valence electrons. The first kappa shape index (κ1) is 21.2. The molecule has 1 amide bonds. The van der Waals surface area contributed by atoms with Crippen LogP contribution in [0.5, 0.6) is 5.75 Å². The zero-order valence-corrected chi connectivity index (χ0v) is 16.5. The number of amides is 1. The zero-order valence-electron chi connectivity index (χ0n) is 15.7. The van der Waals surface area contributed by atoms with E-state index in [-0.39, 0.29) is 22.6 Å². The average Bonchev–Trinajstić information content (AvgIpc) is 2.61. The van der Waals surface area contributed by atoms with Crippen molar-refractivity contribution in [3.05, 3.63) is 58.1 Å². The monoisotopic (exact) mass is 407 g/mol. The van der Waals surface area contributed by atoms with Gasteiger partial charge in [0.05, 0.1) is 34.7 Å². The fourth-order valence-corrected chi connectivity index (χ4v) is 3.46. The van der Waals surface area contributed by atoms with Crippen molar-refractivity contribution in [3.8, 4) is 5.75 Å². The van der Waals surface area contributed by atoms with Gasteiger partial charge in [-0.1, -0.05) is 18.2 Å². The van der Waals surface area contributed by atoms with E-state index >= 15 is 0 Å². The van der Waals surface area contributed by atoms with Gasteiger partial charge in [0.25, 0.3) is 5.69 Å². The minimum Gasteiger partial charge on any atom is -0.492 e. The third-order valence-electron chi connectivity index (χ3n) is 3.90. The van der Waals surface area contributed by atoms with Crippen LogP contribution in [-0.4, -0.2) is 38.7 Å². The number of nitrogens with zero attached hydrogens (tertiary/aromatic N) is 2. The molecule has 0 atom stereocenters. The highest BCUT2D eigenvalue weighted by Crippen LogP contribution is 2.30. The van der Waals surface area contributed by atoms with Crippen LogP contribution in [0.25, 0.3) is 0 Å². The molecule has 0 saturated carbocycles. The fraction of sp³-hybridized carbons (Fsp3) is 0.278. The Bertz CT molecular complexity index is 991. The highest BCUT2D eigenvalue weighted by atomic mass is 32.2. The standard InChI is InChI=1S/C18H21N3O6S/c1-4-27-17-11-6-5-9-16(17)20(28(3,25)26)12-18(22)19-14-8-7-10-15(13(14)2)21(23)24/h5-11H,4,12H2,1-3H3,(H,19,22). The average molecular weight is 407 g/mol. The lowest BCUT2D eigenvalue weighted by molar-refractivity contribution is -0.385. The highest BCUT2D eigenvalue weighted by Gasteiger charge is 2.24. The minimum atomic E-state index is -3.79. The molecule has 1 N–H and O–H groups in total. The Labute approximate surface area is 163 Å². The van der Waals surface area contributed by atoms with Gasteiger partial charge in [-0.05, 0) is 32.0 Å². The summed E-state index contributed by atoms with van der Waals surface area (Å²) in [6.07, 6.45) is 0.988. The van der Waals surface area contributed by atoms with Crippen LogP contribution in [0.2, 0.25) is 0 Å². The molecule has 0 heterocycles. The van der Waals surface area contributed by atoms with Crippen molar-refractivity contribution in [3.63, 3.8) is 0 Å². The number of ether oxygens (including phenoxy) is 1. The number of carbonyl (C=O) groups excluding carboxylic acids is 1. The first-order valence-electron chi connectivity index (χ1n) is 8.38. The molecule has 0 bridgehead atoms. The summed E-state index contributed by atoms with van der Waals surface area (Å²) in [7, 11) is -3.79. The van der Waals surface area contributed by atoms with Gasteiger partial charge in [0.15, 0.2) is 0 Å². The van der Waals surface area contributed by atoms with Gasteiger partial charge >= 0.3 is 0 Å². The summed E-state index contributed by atoms with van der Waals surface area (Å²) in [6, 6.07) is 10.8. The number of carbonyl (C=O) groups is 1. The summed E-state index contributed by atoms with van der Waals surface area (Å²) < 4.78 is 31.0. The van der Waals surface area contributed by atoms with Crippen molar-refractivity contribution >= 4 is 33.0 Å². The first-order chi connectivity index (χ1) is 13.1. The molecule has 0 spiro atoms. The van der Waals surface area contributed by atoms with Gasteiger partial charge in [-0.15, -0.1) is 0 Å². The number of anilines is 2. The van der Waals surface area contributed by atoms with E-state index in [0.29, 0.717) is 12.4 Å². The van der Waals surface area contributed by atoms with Gasteiger partial charge in [-0.3, -0.25) is 19.2 Å². The molecule has 0 unspecified atom stereocenters. The van der Waals surface area contributed by atoms with Gasteiger partial charge in [0.1, 0.15) is 12.3 Å². The molecule has 2 aromatic carbocycles. The van der Waals surface area contributed by atoms with Crippen molar-refractivity contribution in [2.45, 2.75) is 13.8 Å². The van der Waals surface area contributed by atoms with Crippen molar-refractivity contribution in [1.82, 2.24) is 0 Å². The van der Waals surface area contributed by atoms with Crippen LogP contribution in [0.4, 0.5) is 17.1 Å². The lowest BCUT2D eigenvalue weighted by Gasteiger charge is -2.24. The number of benzene rings is 2. The molecule has 0 aliphatic rings. The van der Waals surface area contributed by atoms with Crippen LogP contribution < -0.4 is 14.4 Å². The Balaban J connectivity index is 2.31. The topological polar surface area (TPSA) is 119 Å². The van der Waals surface area contributed by atoms with E-state index in [9.17, 15) is 23.3 Å². The third kappa shape index (κ3) is 4.97. The van der Waals surface area contributed by atoms with Gasteiger partial charge in [-0.25, -0.2) is 8.42 Å². The molecule has 2 rings (SSSR count). The maximum Gasteiger partial charge on any atom is 0.274 e. The normalized spacial score (nSPS) is 11.0. The Morgan fingerprint density at radius 3 is 2.50 bits per heavy atom. The summed E-state index contributed by atoms with van der Waals surface area (Å²) >= 11 is 0.